The lowest BCUT2D eigenvalue weighted by Crippen LogP contribution is -2.31. The number of nitrogens with one attached hydrogen (secondary N) is 2. The van der Waals surface area contributed by atoms with Crippen LogP contribution in [-0.2, 0) is 11.3 Å². The van der Waals surface area contributed by atoms with E-state index in [9.17, 15) is 9.18 Å². The molecule has 0 unspecified atom stereocenters. The minimum Gasteiger partial charge on any atom is -0.481 e. The summed E-state index contributed by atoms with van der Waals surface area (Å²) in [5.41, 5.74) is 0. The zero-order valence-corrected chi connectivity index (χ0v) is 12.2. The quantitative estimate of drug-likeness (QED) is 0.795. The topological polar surface area (TPSA) is 71.9 Å². The largest absolute Gasteiger partial charge is 0.481 e. The summed E-state index contributed by atoms with van der Waals surface area (Å²) >= 11 is 5.05. The van der Waals surface area contributed by atoms with Gasteiger partial charge in [-0.05, 0) is 31.3 Å². The van der Waals surface area contributed by atoms with Crippen molar-refractivity contribution in [1.82, 2.24) is 20.1 Å². The predicted octanol–water partition coefficient (Wildman–Crippen LogP) is 1.58. The van der Waals surface area contributed by atoms with Crippen LogP contribution in [0.15, 0.2) is 24.3 Å². The van der Waals surface area contributed by atoms with E-state index in [0.717, 1.165) is 5.82 Å². The number of carbonyl (C=O) groups excluding carboxylic acids is 1. The average molecular weight is 310 g/mol. The van der Waals surface area contributed by atoms with Crippen molar-refractivity contribution in [2.75, 3.05) is 13.2 Å². The minimum atomic E-state index is -0.495. The number of hydrogen-bond acceptors (Lipinski definition) is 4. The van der Waals surface area contributed by atoms with Gasteiger partial charge >= 0.3 is 0 Å². The summed E-state index contributed by atoms with van der Waals surface area (Å²) in [6, 6.07) is 5.94. The number of aryl methyl sites for hydroxylation is 1. The molecule has 1 heterocycles. The lowest BCUT2D eigenvalue weighted by atomic mass is 10.3. The van der Waals surface area contributed by atoms with E-state index >= 15 is 0 Å². The van der Waals surface area contributed by atoms with Crippen LogP contribution in [0.4, 0.5) is 4.39 Å². The molecule has 0 aliphatic heterocycles. The van der Waals surface area contributed by atoms with Crippen molar-refractivity contribution >= 4 is 18.1 Å². The van der Waals surface area contributed by atoms with Crippen LogP contribution in [0.1, 0.15) is 5.82 Å². The number of para-hydroxylation sites is 1. The highest BCUT2D eigenvalue weighted by Gasteiger charge is 2.06. The zero-order valence-electron chi connectivity index (χ0n) is 11.4. The maximum Gasteiger partial charge on any atom is 0.258 e. The van der Waals surface area contributed by atoms with Crippen LogP contribution in [0, 0.1) is 17.5 Å². The summed E-state index contributed by atoms with van der Waals surface area (Å²) in [5.74, 6) is -0.0195. The Morgan fingerprint density at radius 1 is 1.52 bits per heavy atom. The molecule has 2 N–H and O–H groups in total. The van der Waals surface area contributed by atoms with Crippen LogP contribution < -0.4 is 10.1 Å². The number of H-pyrrole nitrogens is 1. The Bertz CT molecular complexity index is 683. The van der Waals surface area contributed by atoms with Gasteiger partial charge in [0.1, 0.15) is 5.82 Å². The van der Waals surface area contributed by atoms with Gasteiger partial charge in [-0.25, -0.2) is 4.39 Å². The van der Waals surface area contributed by atoms with Crippen LogP contribution in [0.25, 0.3) is 0 Å². The third-order valence-corrected chi connectivity index (χ3v) is 3.11. The molecule has 2 rings (SSSR count). The standard InChI is InChI=1S/C13H15FN4O2S/c1-9-16-17-13(21)18(9)7-6-15-12(19)8-20-11-5-3-2-4-10(11)14/h2-5H,6-8H2,1H3,(H,15,19)(H,17,21). The fourth-order valence-electron chi connectivity index (χ4n) is 1.72. The number of hydrogen-bond donors (Lipinski definition) is 2. The average Bonchev–Trinajstić information content (AvgIpc) is 2.78. The Morgan fingerprint density at radius 2 is 2.29 bits per heavy atom. The lowest BCUT2D eigenvalue weighted by molar-refractivity contribution is -0.123. The smallest absolute Gasteiger partial charge is 0.258 e. The van der Waals surface area contributed by atoms with Gasteiger partial charge in [0.15, 0.2) is 22.9 Å². The van der Waals surface area contributed by atoms with Gasteiger partial charge < -0.3 is 14.6 Å². The second-order valence-corrected chi connectivity index (χ2v) is 4.68. The van der Waals surface area contributed by atoms with E-state index in [1.807, 2.05) is 6.92 Å². The third-order valence-electron chi connectivity index (χ3n) is 2.80. The highest BCUT2D eigenvalue weighted by Crippen LogP contribution is 2.14. The number of halogens is 1. The summed E-state index contributed by atoms with van der Waals surface area (Å²) in [5, 5.41) is 9.30. The Labute approximate surface area is 125 Å². The molecule has 0 saturated heterocycles. The van der Waals surface area contributed by atoms with Crippen LogP contribution in [0.5, 0.6) is 5.75 Å². The van der Waals surface area contributed by atoms with Crippen molar-refractivity contribution in [3.8, 4) is 5.75 Å². The second-order valence-electron chi connectivity index (χ2n) is 4.30. The molecule has 2 aromatic rings. The Hall–Kier alpha value is -2.22. The molecule has 1 amide bonds. The number of aromatic nitrogens is 3. The zero-order chi connectivity index (χ0) is 15.2. The normalized spacial score (nSPS) is 10.4. The van der Waals surface area contributed by atoms with Gasteiger partial charge in [-0.15, -0.1) is 0 Å². The summed E-state index contributed by atoms with van der Waals surface area (Å²) in [6.45, 7) is 2.47. The molecule has 0 radical (unpaired) electrons. The van der Waals surface area contributed by atoms with Crippen molar-refractivity contribution in [3.63, 3.8) is 0 Å². The molecule has 1 aromatic heterocycles. The van der Waals surface area contributed by atoms with E-state index in [4.69, 9.17) is 17.0 Å². The second kappa shape index (κ2) is 6.98. The summed E-state index contributed by atoms with van der Waals surface area (Å²) in [4.78, 5) is 11.6. The molecule has 21 heavy (non-hydrogen) atoms. The first kappa shape index (κ1) is 15.2. The van der Waals surface area contributed by atoms with Gasteiger partial charge in [-0.1, -0.05) is 12.1 Å². The van der Waals surface area contributed by atoms with Crippen LogP contribution >= 0.6 is 12.2 Å². The van der Waals surface area contributed by atoms with Crippen LogP contribution in [0.3, 0.4) is 0 Å². The number of aromatic amines is 1. The molecular weight excluding hydrogens is 295 g/mol. The Balaban J connectivity index is 1.76. The van der Waals surface area contributed by atoms with Gasteiger partial charge in [0.2, 0.25) is 0 Å². The number of rotatable bonds is 6. The molecule has 0 aliphatic rings. The van der Waals surface area contributed by atoms with Crippen molar-refractivity contribution in [3.05, 3.63) is 40.7 Å². The molecule has 0 bridgehead atoms. The number of ether oxygens (including phenoxy) is 1. The first-order chi connectivity index (χ1) is 10.1. The fourth-order valence-corrected chi connectivity index (χ4v) is 1.99. The van der Waals surface area contributed by atoms with Crippen LogP contribution in [-0.4, -0.2) is 33.8 Å². The van der Waals surface area contributed by atoms with Gasteiger partial charge in [0.25, 0.3) is 5.91 Å². The SMILES string of the molecule is Cc1n[nH]c(=S)n1CCNC(=O)COc1ccccc1F. The van der Waals surface area contributed by atoms with E-state index in [2.05, 4.69) is 15.5 Å². The number of benzene rings is 1. The van der Waals surface area contributed by atoms with E-state index in [0.29, 0.717) is 17.9 Å². The fraction of sp³-hybridized carbons (Fsp3) is 0.308. The number of amides is 1. The van der Waals surface area contributed by atoms with Crippen LogP contribution in [0.2, 0.25) is 0 Å². The van der Waals surface area contributed by atoms with E-state index in [1.165, 1.54) is 12.1 Å². The molecule has 0 aliphatic carbocycles. The van der Waals surface area contributed by atoms with Gasteiger partial charge in [0.05, 0.1) is 0 Å². The minimum absolute atomic E-state index is 0.0561. The number of nitrogens with zero attached hydrogens (tertiary/aromatic N) is 2. The van der Waals surface area contributed by atoms with Crippen molar-refractivity contribution in [1.29, 1.82) is 0 Å². The highest BCUT2D eigenvalue weighted by molar-refractivity contribution is 7.71. The molecular formula is C13H15FN4O2S. The molecule has 0 atom stereocenters. The van der Waals surface area contributed by atoms with Gasteiger partial charge in [-0.3, -0.25) is 9.89 Å². The Kier molecular flexibility index (Phi) is 5.04. The molecule has 0 saturated carbocycles. The summed E-state index contributed by atoms with van der Waals surface area (Å²) in [6.07, 6.45) is 0. The first-order valence-electron chi connectivity index (χ1n) is 6.34. The summed E-state index contributed by atoms with van der Waals surface area (Å²) < 4.78 is 20.7. The van der Waals surface area contributed by atoms with E-state index in [1.54, 1.807) is 16.7 Å². The molecule has 8 heteroatoms. The highest BCUT2D eigenvalue weighted by atomic mass is 32.1. The number of carbonyl (C=O) groups is 1. The van der Waals surface area contributed by atoms with Crippen molar-refractivity contribution in [2.45, 2.75) is 13.5 Å². The maximum atomic E-state index is 13.3. The van der Waals surface area contributed by atoms with E-state index in [-0.39, 0.29) is 18.3 Å². The molecule has 0 spiro atoms. The van der Waals surface area contributed by atoms with E-state index < -0.39 is 5.82 Å². The maximum absolute atomic E-state index is 13.3. The third kappa shape index (κ3) is 4.12. The van der Waals surface area contributed by atoms with Crippen molar-refractivity contribution in [2.24, 2.45) is 0 Å². The molecule has 6 nitrogen and oxygen atoms in total. The lowest BCUT2D eigenvalue weighted by Gasteiger charge is -2.08. The molecule has 0 fully saturated rings. The Morgan fingerprint density at radius 3 is 2.95 bits per heavy atom. The first-order valence-corrected chi connectivity index (χ1v) is 6.74. The summed E-state index contributed by atoms with van der Waals surface area (Å²) in [7, 11) is 0. The predicted molar refractivity (Wildman–Crippen MR) is 77.1 cm³/mol. The molecule has 1 aromatic carbocycles. The van der Waals surface area contributed by atoms with Crippen molar-refractivity contribution < 1.29 is 13.9 Å². The van der Waals surface area contributed by atoms with Gasteiger partial charge in [-0.2, -0.15) is 5.10 Å². The molecule has 112 valence electrons. The van der Waals surface area contributed by atoms with Gasteiger partial charge in [0, 0.05) is 13.1 Å². The monoisotopic (exact) mass is 310 g/mol.